The average Bonchev–Trinajstić information content (AvgIpc) is 2.86. The fraction of sp³-hybridized carbons (Fsp3) is 0.786. The third-order valence-corrected chi connectivity index (χ3v) is 4.85. The van der Waals surface area contributed by atoms with E-state index in [0.717, 1.165) is 5.92 Å². The van der Waals surface area contributed by atoms with Gasteiger partial charge in [-0.1, -0.05) is 0 Å². The van der Waals surface area contributed by atoms with Gasteiger partial charge in [-0.3, -0.25) is 4.68 Å². The van der Waals surface area contributed by atoms with Crippen LogP contribution in [0.25, 0.3) is 0 Å². The summed E-state index contributed by atoms with van der Waals surface area (Å²) in [5.41, 5.74) is 1.34. The van der Waals surface area contributed by atoms with Gasteiger partial charge in [0.05, 0.1) is 5.69 Å². The van der Waals surface area contributed by atoms with E-state index in [1.165, 1.54) is 36.5 Å². The summed E-state index contributed by atoms with van der Waals surface area (Å²) in [5.74, 6) is 3.55. The van der Waals surface area contributed by atoms with Crippen LogP contribution in [0.15, 0.2) is 12.3 Å². The summed E-state index contributed by atoms with van der Waals surface area (Å²) in [6.07, 6.45) is 5.92. The smallest absolute Gasteiger partial charge is 0.0556 e. The Kier molecular flexibility index (Phi) is 5.13. The number of hydrogen-bond donors (Lipinski definition) is 1. The third-order valence-electron chi connectivity index (χ3n) is 3.81. The number of thioether (sulfide) groups is 1. The molecular formula is C14H25N3S. The normalized spacial score (nSPS) is 19.3. The van der Waals surface area contributed by atoms with Crippen LogP contribution in [0, 0.1) is 5.92 Å². The lowest BCUT2D eigenvalue weighted by molar-refractivity contribution is 0.361. The molecule has 102 valence electrons. The van der Waals surface area contributed by atoms with Gasteiger partial charge in [-0.05, 0) is 63.6 Å². The van der Waals surface area contributed by atoms with Gasteiger partial charge in [-0.25, -0.2) is 0 Å². The van der Waals surface area contributed by atoms with E-state index in [9.17, 15) is 0 Å². The highest BCUT2D eigenvalue weighted by Crippen LogP contribution is 2.31. The van der Waals surface area contributed by atoms with Crippen LogP contribution in [0.5, 0.6) is 0 Å². The van der Waals surface area contributed by atoms with Gasteiger partial charge < -0.3 is 5.32 Å². The SMILES string of the molecule is CNC(CC1CCSCC1)c1ccnn1C(C)C. The Balaban J connectivity index is 2.05. The van der Waals surface area contributed by atoms with E-state index in [0.29, 0.717) is 12.1 Å². The van der Waals surface area contributed by atoms with E-state index in [2.05, 4.69) is 53.8 Å². The van der Waals surface area contributed by atoms with Crippen LogP contribution in [-0.4, -0.2) is 28.3 Å². The highest BCUT2D eigenvalue weighted by atomic mass is 32.2. The molecule has 4 heteroatoms. The van der Waals surface area contributed by atoms with E-state index in [4.69, 9.17) is 0 Å². The van der Waals surface area contributed by atoms with Crippen molar-refractivity contribution in [3.05, 3.63) is 18.0 Å². The first kappa shape index (κ1) is 13.9. The van der Waals surface area contributed by atoms with Crippen molar-refractivity contribution in [1.82, 2.24) is 15.1 Å². The molecule has 2 heterocycles. The van der Waals surface area contributed by atoms with Crippen molar-refractivity contribution < 1.29 is 0 Å². The Labute approximate surface area is 115 Å². The van der Waals surface area contributed by atoms with Crippen molar-refractivity contribution in [2.75, 3.05) is 18.6 Å². The zero-order valence-electron chi connectivity index (χ0n) is 11.7. The number of hydrogen-bond acceptors (Lipinski definition) is 3. The molecular weight excluding hydrogens is 242 g/mol. The zero-order valence-corrected chi connectivity index (χ0v) is 12.5. The first-order valence-corrected chi connectivity index (χ1v) is 8.16. The molecule has 1 atom stereocenters. The molecule has 0 aromatic carbocycles. The minimum atomic E-state index is 0.438. The second-order valence-corrected chi connectivity index (χ2v) is 6.65. The maximum absolute atomic E-state index is 4.45. The van der Waals surface area contributed by atoms with Gasteiger partial charge >= 0.3 is 0 Å². The second-order valence-electron chi connectivity index (χ2n) is 5.43. The minimum Gasteiger partial charge on any atom is -0.312 e. The molecule has 18 heavy (non-hydrogen) atoms. The molecule has 1 aliphatic heterocycles. The molecule has 3 nitrogen and oxygen atoms in total. The monoisotopic (exact) mass is 267 g/mol. The first-order valence-electron chi connectivity index (χ1n) is 7.00. The minimum absolute atomic E-state index is 0.438. The van der Waals surface area contributed by atoms with E-state index in [1.54, 1.807) is 0 Å². The summed E-state index contributed by atoms with van der Waals surface area (Å²) in [5, 5.41) is 7.93. The molecule has 1 fully saturated rings. The Morgan fingerprint density at radius 1 is 1.44 bits per heavy atom. The summed E-state index contributed by atoms with van der Waals surface area (Å²) in [4.78, 5) is 0. The molecule has 1 saturated heterocycles. The van der Waals surface area contributed by atoms with E-state index in [-0.39, 0.29) is 0 Å². The fourth-order valence-corrected chi connectivity index (χ4v) is 3.94. The zero-order chi connectivity index (χ0) is 13.0. The van der Waals surface area contributed by atoms with Crippen LogP contribution in [0.3, 0.4) is 0 Å². The van der Waals surface area contributed by atoms with Crippen LogP contribution >= 0.6 is 11.8 Å². The van der Waals surface area contributed by atoms with Crippen molar-refractivity contribution in [1.29, 1.82) is 0 Å². The highest BCUT2D eigenvalue weighted by Gasteiger charge is 2.22. The van der Waals surface area contributed by atoms with E-state index in [1.807, 2.05) is 6.20 Å². The van der Waals surface area contributed by atoms with Crippen LogP contribution < -0.4 is 5.32 Å². The van der Waals surface area contributed by atoms with Crippen molar-refractivity contribution in [2.24, 2.45) is 5.92 Å². The van der Waals surface area contributed by atoms with Crippen molar-refractivity contribution >= 4 is 11.8 Å². The fourth-order valence-electron chi connectivity index (χ4n) is 2.73. The Hall–Kier alpha value is -0.480. The van der Waals surface area contributed by atoms with E-state index < -0.39 is 0 Å². The molecule has 0 bridgehead atoms. The van der Waals surface area contributed by atoms with E-state index >= 15 is 0 Å². The summed E-state index contributed by atoms with van der Waals surface area (Å²) >= 11 is 2.10. The first-order chi connectivity index (χ1) is 8.72. The Bertz CT molecular complexity index is 356. The largest absolute Gasteiger partial charge is 0.312 e. The van der Waals surface area contributed by atoms with Crippen molar-refractivity contribution in [3.8, 4) is 0 Å². The topological polar surface area (TPSA) is 29.9 Å². The van der Waals surface area contributed by atoms with Crippen LogP contribution in [0.1, 0.15) is 50.9 Å². The van der Waals surface area contributed by atoms with Gasteiger partial charge in [0.2, 0.25) is 0 Å². The van der Waals surface area contributed by atoms with Crippen molar-refractivity contribution in [3.63, 3.8) is 0 Å². The average molecular weight is 267 g/mol. The maximum Gasteiger partial charge on any atom is 0.0556 e. The predicted octanol–water partition coefficient (Wildman–Crippen LogP) is 3.26. The standard InChI is InChI=1S/C14H25N3S/c1-11(2)17-14(4-7-16-17)13(15-3)10-12-5-8-18-9-6-12/h4,7,11-13,15H,5-6,8-10H2,1-3H3. The third kappa shape index (κ3) is 3.29. The predicted molar refractivity (Wildman–Crippen MR) is 79.1 cm³/mol. The Morgan fingerprint density at radius 2 is 2.17 bits per heavy atom. The molecule has 2 rings (SSSR count). The molecule has 1 unspecified atom stereocenters. The molecule has 1 aromatic heterocycles. The lowest BCUT2D eigenvalue weighted by Gasteiger charge is -2.27. The van der Waals surface area contributed by atoms with Gasteiger partial charge in [0, 0.05) is 18.3 Å². The van der Waals surface area contributed by atoms with Crippen LogP contribution in [0.2, 0.25) is 0 Å². The van der Waals surface area contributed by atoms with Gasteiger partial charge in [0.1, 0.15) is 0 Å². The highest BCUT2D eigenvalue weighted by molar-refractivity contribution is 7.99. The van der Waals surface area contributed by atoms with Crippen LogP contribution in [-0.2, 0) is 0 Å². The number of aromatic nitrogens is 2. The molecule has 0 amide bonds. The summed E-state index contributed by atoms with van der Waals surface area (Å²) < 4.78 is 2.15. The number of nitrogens with zero attached hydrogens (tertiary/aromatic N) is 2. The van der Waals surface area contributed by atoms with Gasteiger partial charge in [-0.2, -0.15) is 16.9 Å². The molecule has 0 saturated carbocycles. The molecule has 0 spiro atoms. The second kappa shape index (κ2) is 6.62. The molecule has 1 N–H and O–H groups in total. The van der Waals surface area contributed by atoms with Gasteiger partial charge in [0.15, 0.2) is 0 Å². The van der Waals surface area contributed by atoms with Gasteiger partial charge in [0.25, 0.3) is 0 Å². The molecule has 0 radical (unpaired) electrons. The number of nitrogens with one attached hydrogen (secondary N) is 1. The lowest BCUT2D eigenvalue weighted by Crippen LogP contribution is -2.25. The lowest BCUT2D eigenvalue weighted by atomic mass is 9.93. The van der Waals surface area contributed by atoms with Crippen molar-refractivity contribution in [2.45, 2.75) is 45.2 Å². The molecule has 1 aromatic rings. The quantitative estimate of drug-likeness (QED) is 0.888. The molecule has 0 aliphatic carbocycles. The Morgan fingerprint density at radius 3 is 2.78 bits per heavy atom. The molecule has 1 aliphatic rings. The number of rotatable bonds is 5. The van der Waals surface area contributed by atoms with Crippen LogP contribution in [0.4, 0.5) is 0 Å². The van der Waals surface area contributed by atoms with Gasteiger partial charge in [-0.15, -0.1) is 0 Å². The summed E-state index contributed by atoms with van der Waals surface area (Å²) in [6.45, 7) is 4.39. The summed E-state index contributed by atoms with van der Waals surface area (Å²) in [7, 11) is 2.07. The maximum atomic E-state index is 4.45. The summed E-state index contributed by atoms with van der Waals surface area (Å²) in [6, 6.07) is 3.05.